The van der Waals surface area contributed by atoms with Crippen LogP contribution in [0.5, 0.6) is 0 Å². The fourth-order valence-corrected chi connectivity index (χ4v) is 0.795. The zero-order valence-corrected chi connectivity index (χ0v) is 7.01. The molecule has 0 heterocycles. The molecule has 0 bridgehead atoms. The minimum absolute atomic E-state index is 0.689. The van der Waals surface area contributed by atoms with Gasteiger partial charge in [0.1, 0.15) is 0 Å². The molecule has 0 fully saturated rings. The molecule has 0 unspecified atom stereocenters. The third-order valence-corrected chi connectivity index (χ3v) is 1.44. The quantitative estimate of drug-likeness (QED) is 0.518. The summed E-state index contributed by atoms with van der Waals surface area (Å²) in [5.41, 5.74) is 0.884. The van der Waals surface area contributed by atoms with Gasteiger partial charge in [-0.2, -0.15) is 0 Å². The Bertz CT molecular complexity index is 245. The lowest BCUT2D eigenvalue weighted by molar-refractivity contribution is 0.383. The fraction of sp³-hybridized carbons (Fsp3) is 0. The van der Waals surface area contributed by atoms with E-state index in [9.17, 15) is 0 Å². The first-order valence-electron chi connectivity index (χ1n) is 2.89. The van der Waals surface area contributed by atoms with Crippen molar-refractivity contribution in [1.29, 1.82) is 0 Å². The Morgan fingerprint density at radius 3 is 2.45 bits per heavy atom. The van der Waals surface area contributed by atoms with E-state index >= 15 is 0 Å². The Labute approximate surface area is 74.5 Å². The van der Waals surface area contributed by atoms with Gasteiger partial charge in [0.05, 0.1) is 6.21 Å². The fourth-order valence-electron chi connectivity index (χ4n) is 0.630. The Hall–Kier alpha value is -0.730. The van der Waals surface area contributed by atoms with Crippen molar-refractivity contribution < 1.29 is 4.39 Å². The standard InChI is InChI=1S/C7H5Cl2NO/c8-7-3-1-6(2-4-7)5-10-11-9/h1-5H. The first-order valence-corrected chi connectivity index (χ1v) is 3.58. The number of oxime groups is 1. The van der Waals surface area contributed by atoms with Crippen molar-refractivity contribution in [2.45, 2.75) is 0 Å². The van der Waals surface area contributed by atoms with Crippen LogP contribution >= 0.6 is 23.5 Å². The lowest BCUT2D eigenvalue weighted by atomic mass is 10.2. The van der Waals surface area contributed by atoms with Crippen molar-refractivity contribution in [3.63, 3.8) is 0 Å². The molecule has 0 saturated heterocycles. The molecule has 0 radical (unpaired) electrons. The highest BCUT2D eigenvalue weighted by molar-refractivity contribution is 6.30. The summed E-state index contributed by atoms with van der Waals surface area (Å²) in [5.74, 6) is 0. The van der Waals surface area contributed by atoms with Crippen molar-refractivity contribution in [2.75, 3.05) is 0 Å². The molecule has 0 amide bonds. The third-order valence-electron chi connectivity index (χ3n) is 1.11. The van der Waals surface area contributed by atoms with Crippen LogP contribution < -0.4 is 0 Å². The maximum atomic E-state index is 5.64. The second-order valence-electron chi connectivity index (χ2n) is 1.86. The predicted octanol–water partition coefficient (Wildman–Crippen LogP) is 2.84. The van der Waals surface area contributed by atoms with Crippen LogP contribution in [0.15, 0.2) is 29.4 Å². The van der Waals surface area contributed by atoms with Gasteiger partial charge in [-0.05, 0) is 17.7 Å². The van der Waals surface area contributed by atoms with Crippen LogP contribution in [0.4, 0.5) is 0 Å². The van der Waals surface area contributed by atoms with E-state index in [4.69, 9.17) is 23.5 Å². The molecule has 58 valence electrons. The molecule has 4 heteroatoms. The number of hydrogen-bond acceptors (Lipinski definition) is 2. The molecule has 0 aromatic heterocycles. The Kier molecular flexibility index (Phi) is 3.20. The molecule has 2 nitrogen and oxygen atoms in total. The van der Waals surface area contributed by atoms with Gasteiger partial charge in [0.15, 0.2) is 11.9 Å². The predicted molar refractivity (Wildman–Crippen MR) is 46.0 cm³/mol. The Balaban J connectivity index is 2.73. The van der Waals surface area contributed by atoms with Crippen molar-refractivity contribution in [3.05, 3.63) is 34.9 Å². The molecule has 1 rings (SSSR count). The van der Waals surface area contributed by atoms with E-state index in [-0.39, 0.29) is 0 Å². The Morgan fingerprint density at radius 1 is 1.27 bits per heavy atom. The molecule has 0 aliphatic rings. The highest BCUT2D eigenvalue weighted by atomic mass is 35.5. The lowest BCUT2D eigenvalue weighted by Crippen LogP contribution is -1.78. The topological polar surface area (TPSA) is 21.6 Å². The highest BCUT2D eigenvalue weighted by Crippen LogP contribution is 2.07. The maximum absolute atomic E-state index is 5.64. The zero-order chi connectivity index (χ0) is 8.10. The summed E-state index contributed by atoms with van der Waals surface area (Å²) < 4.78 is 3.98. The van der Waals surface area contributed by atoms with Gasteiger partial charge in [0.2, 0.25) is 0 Å². The van der Waals surface area contributed by atoms with E-state index < -0.39 is 0 Å². The summed E-state index contributed by atoms with van der Waals surface area (Å²) in [4.78, 5) is 0. The second kappa shape index (κ2) is 4.21. The minimum atomic E-state index is 0.689. The molecule has 0 N–H and O–H groups in total. The minimum Gasteiger partial charge on any atom is -0.277 e. The van der Waals surface area contributed by atoms with Crippen molar-refractivity contribution in [3.8, 4) is 0 Å². The highest BCUT2D eigenvalue weighted by Gasteiger charge is 1.87. The van der Waals surface area contributed by atoms with E-state index in [1.807, 2.05) is 12.1 Å². The first-order chi connectivity index (χ1) is 5.33. The van der Waals surface area contributed by atoms with Crippen LogP contribution in [0.1, 0.15) is 5.56 Å². The van der Waals surface area contributed by atoms with Gasteiger partial charge in [-0.3, -0.25) is 4.39 Å². The van der Waals surface area contributed by atoms with Crippen molar-refractivity contribution in [1.82, 2.24) is 0 Å². The molecule has 0 atom stereocenters. The van der Waals surface area contributed by atoms with Crippen LogP contribution in [0.3, 0.4) is 0 Å². The lowest BCUT2D eigenvalue weighted by Gasteiger charge is -1.90. The Morgan fingerprint density at radius 2 is 1.91 bits per heavy atom. The van der Waals surface area contributed by atoms with Crippen LogP contribution in [-0.2, 0) is 4.39 Å². The van der Waals surface area contributed by atoms with E-state index in [1.54, 1.807) is 12.1 Å². The van der Waals surface area contributed by atoms with Crippen LogP contribution in [0.25, 0.3) is 0 Å². The summed E-state index contributed by atoms with van der Waals surface area (Å²) >= 11 is 10.5. The maximum Gasteiger partial charge on any atom is 0.167 e. The monoisotopic (exact) mass is 189 g/mol. The van der Waals surface area contributed by atoms with Gasteiger partial charge in [-0.25, -0.2) is 0 Å². The smallest absolute Gasteiger partial charge is 0.167 e. The molecule has 0 aliphatic heterocycles. The van der Waals surface area contributed by atoms with Crippen LogP contribution in [0, 0.1) is 0 Å². The summed E-state index contributed by atoms with van der Waals surface area (Å²) in [6.07, 6.45) is 1.49. The summed E-state index contributed by atoms with van der Waals surface area (Å²) in [7, 11) is 0. The van der Waals surface area contributed by atoms with Gasteiger partial charge in [-0.15, -0.1) is 0 Å². The largest absolute Gasteiger partial charge is 0.277 e. The average Bonchev–Trinajstić information content (AvgIpc) is 2.04. The van der Waals surface area contributed by atoms with Gasteiger partial charge < -0.3 is 0 Å². The zero-order valence-electron chi connectivity index (χ0n) is 5.50. The van der Waals surface area contributed by atoms with E-state index in [0.29, 0.717) is 5.02 Å². The van der Waals surface area contributed by atoms with E-state index in [2.05, 4.69) is 9.55 Å². The summed E-state index contributed by atoms with van der Waals surface area (Å²) in [5, 5.41) is 4.06. The summed E-state index contributed by atoms with van der Waals surface area (Å²) in [6, 6.07) is 7.14. The van der Waals surface area contributed by atoms with Crippen LogP contribution in [0.2, 0.25) is 5.02 Å². The van der Waals surface area contributed by atoms with Gasteiger partial charge >= 0.3 is 0 Å². The van der Waals surface area contributed by atoms with Crippen molar-refractivity contribution >= 4 is 29.7 Å². The number of rotatable bonds is 2. The number of halogens is 2. The van der Waals surface area contributed by atoms with Gasteiger partial charge in [-0.1, -0.05) is 28.9 Å². The first kappa shape index (κ1) is 8.37. The molecular weight excluding hydrogens is 185 g/mol. The molecule has 11 heavy (non-hydrogen) atoms. The number of hydrogen-bond donors (Lipinski definition) is 0. The molecule has 1 aromatic carbocycles. The number of nitrogens with zero attached hydrogens (tertiary/aromatic N) is 1. The number of benzene rings is 1. The molecule has 1 aromatic rings. The molecule has 0 saturated carbocycles. The van der Waals surface area contributed by atoms with Crippen LogP contribution in [-0.4, -0.2) is 6.21 Å². The van der Waals surface area contributed by atoms with E-state index in [0.717, 1.165) is 5.56 Å². The van der Waals surface area contributed by atoms with Gasteiger partial charge in [0.25, 0.3) is 0 Å². The third kappa shape index (κ3) is 2.78. The molecular formula is C7H5Cl2NO. The average molecular weight is 190 g/mol. The SMILES string of the molecule is ClON=Cc1ccc(Cl)cc1. The second-order valence-corrected chi connectivity index (χ2v) is 2.43. The summed E-state index contributed by atoms with van der Waals surface area (Å²) in [6.45, 7) is 0. The van der Waals surface area contributed by atoms with E-state index in [1.165, 1.54) is 6.21 Å². The van der Waals surface area contributed by atoms with Gasteiger partial charge in [0, 0.05) is 5.02 Å². The normalized spacial score (nSPS) is 10.4. The molecule has 0 spiro atoms. The van der Waals surface area contributed by atoms with Crippen molar-refractivity contribution in [2.24, 2.45) is 5.16 Å². The molecule has 0 aliphatic carbocycles.